The van der Waals surface area contributed by atoms with Gasteiger partial charge in [-0.15, -0.1) is 0 Å². The van der Waals surface area contributed by atoms with Gasteiger partial charge in [0.1, 0.15) is 11.5 Å². The highest BCUT2D eigenvalue weighted by molar-refractivity contribution is 6.02. The summed E-state index contributed by atoms with van der Waals surface area (Å²) in [5.74, 6) is 0.702. The van der Waals surface area contributed by atoms with Gasteiger partial charge in [-0.1, -0.05) is 48.5 Å². The van der Waals surface area contributed by atoms with Gasteiger partial charge in [-0.05, 0) is 24.3 Å². The highest BCUT2D eigenvalue weighted by Crippen LogP contribution is 2.40. The minimum absolute atomic E-state index is 0.351. The minimum Gasteiger partial charge on any atom is -0.455 e. The van der Waals surface area contributed by atoms with Crippen LogP contribution in [0.5, 0.6) is 0 Å². The highest BCUT2D eigenvalue weighted by Gasteiger charge is 2.31. The number of alkyl halides is 6. The first kappa shape index (κ1) is 19.1. The van der Waals surface area contributed by atoms with Crippen molar-refractivity contribution in [3.8, 4) is 22.6 Å². The van der Waals surface area contributed by atoms with E-state index in [2.05, 4.69) is 0 Å². The average Bonchev–Trinajstić information content (AvgIpc) is 3.07. The topological polar surface area (TPSA) is 13.1 Å². The Hall–Kier alpha value is -3.22. The standard InChI is InChI=1S/C22H12F6O/c23-21(24,25)15-9-5-13(6-10-15)19-17-3-1-2-4-18(17)20(29-19)14-7-11-16(12-8-14)22(26,27)28/h1-12H. The molecule has 0 fully saturated rings. The van der Waals surface area contributed by atoms with Crippen LogP contribution >= 0.6 is 0 Å². The van der Waals surface area contributed by atoms with Crippen molar-refractivity contribution in [2.24, 2.45) is 0 Å². The van der Waals surface area contributed by atoms with Crippen molar-refractivity contribution in [2.45, 2.75) is 12.4 Å². The molecule has 0 bridgehead atoms. The predicted molar refractivity (Wildman–Crippen MR) is 97.1 cm³/mol. The molecule has 0 aliphatic carbocycles. The van der Waals surface area contributed by atoms with E-state index in [9.17, 15) is 26.3 Å². The molecular formula is C22H12F6O. The molecule has 0 saturated carbocycles. The molecule has 0 atom stereocenters. The summed E-state index contributed by atoms with van der Waals surface area (Å²) in [6, 6.07) is 16.1. The smallest absolute Gasteiger partial charge is 0.416 e. The normalized spacial score (nSPS) is 12.5. The lowest BCUT2D eigenvalue weighted by Gasteiger charge is -2.07. The second kappa shape index (κ2) is 6.69. The van der Waals surface area contributed by atoms with E-state index in [4.69, 9.17) is 4.42 Å². The van der Waals surface area contributed by atoms with Crippen molar-refractivity contribution in [3.05, 3.63) is 83.9 Å². The van der Waals surface area contributed by atoms with Crippen molar-refractivity contribution >= 4 is 10.8 Å². The fourth-order valence-corrected chi connectivity index (χ4v) is 3.14. The summed E-state index contributed by atoms with van der Waals surface area (Å²) in [5, 5.41) is 1.31. The fourth-order valence-electron chi connectivity index (χ4n) is 3.14. The number of benzene rings is 3. The quantitative estimate of drug-likeness (QED) is 0.310. The summed E-state index contributed by atoms with van der Waals surface area (Å²) in [4.78, 5) is 0. The molecule has 0 spiro atoms. The van der Waals surface area contributed by atoms with Crippen molar-refractivity contribution in [3.63, 3.8) is 0 Å². The van der Waals surface area contributed by atoms with Gasteiger partial charge in [0, 0.05) is 21.9 Å². The Bertz CT molecular complexity index is 1060. The van der Waals surface area contributed by atoms with Gasteiger partial charge in [0.25, 0.3) is 0 Å². The van der Waals surface area contributed by atoms with E-state index in [1.54, 1.807) is 24.3 Å². The van der Waals surface area contributed by atoms with Gasteiger partial charge in [-0.25, -0.2) is 0 Å². The summed E-state index contributed by atoms with van der Waals surface area (Å²) >= 11 is 0. The van der Waals surface area contributed by atoms with E-state index in [1.807, 2.05) is 0 Å². The van der Waals surface area contributed by atoms with Crippen LogP contribution < -0.4 is 0 Å². The molecule has 0 saturated heterocycles. The Morgan fingerprint density at radius 2 is 0.828 bits per heavy atom. The van der Waals surface area contributed by atoms with Crippen LogP contribution in [0.25, 0.3) is 33.4 Å². The Labute approximate surface area is 161 Å². The van der Waals surface area contributed by atoms with Crippen molar-refractivity contribution < 1.29 is 30.8 Å². The van der Waals surface area contributed by atoms with E-state index in [0.717, 1.165) is 24.3 Å². The van der Waals surface area contributed by atoms with Gasteiger partial charge in [0.15, 0.2) is 0 Å². The molecule has 0 aliphatic heterocycles. The van der Waals surface area contributed by atoms with Crippen LogP contribution in [0.15, 0.2) is 77.2 Å². The summed E-state index contributed by atoms with van der Waals surface area (Å²) in [6.45, 7) is 0. The summed E-state index contributed by atoms with van der Waals surface area (Å²) in [7, 11) is 0. The largest absolute Gasteiger partial charge is 0.455 e. The molecule has 3 aromatic carbocycles. The third-order valence-electron chi connectivity index (χ3n) is 4.57. The van der Waals surface area contributed by atoms with E-state index < -0.39 is 23.5 Å². The Morgan fingerprint density at radius 3 is 1.14 bits per heavy atom. The molecule has 0 radical (unpaired) electrons. The second-order valence-electron chi connectivity index (χ2n) is 6.46. The van der Waals surface area contributed by atoms with Crippen LogP contribution in [-0.2, 0) is 12.4 Å². The number of fused-ring (bicyclic) bond motifs is 1. The number of rotatable bonds is 2. The molecular weight excluding hydrogens is 394 g/mol. The number of hydrogen-bond acceptors (Lipinski definition) is 1. The van der Waals surface area contributed by atoms with E-state index in [1.165, 1.54) is 24.3 Å². The van der Waals surface area contributed by atoms with Crippen molar-refractivity contribution in [2.75, 3.05) is 0 Å². The zero-order valence-electron chi connectivity index (χ0n) is 14.6. The average molecular weight is 406 g/mol. The third-order valence-corrected chi connectivity index (χ3v) is 4.57. The molecule has 7 heteroatoms. The Morgan fingerprint density at radius 1 is 0.483 bits per heavy atom. The molecule has 0 unspecified atom stereocenters. The van der Waals surface area contributed by atoms with E-state index in [-0.39, 0.29) is 0 Å². The number of furan rings is 1. The maximum absolute atomic E-state index is 12.8. The molecule has 0 aliphatic rings. The lowest BCUT2D eigenvalue weighted by atomic mass is 10.0. The number of hydrogen-bond donors (Lipinski definition) is 0. The van der Waals surface area contributed by atoms with Crippen LogP contribution in [0, 0.1) is 0 Å². The summed E-state index contributed by atoms with van der Waals surface area (Å²) < 4.78 is 82.8. The summed E-state index contributed by atoms with van der Waals surface area (Å²) in [6.07, 6.45) is -8.90. The third kappa shape index (κ3) is 3.60. The van der Waals surface area contributed by atoms with E-state index >= 15 is 0 Å². The van der Waals surface area contributed by atoms with E-state index in [0.29, 0.717) is 33.4 Å². The lowest BCUT2D eigenvalue weighted by molar-refractivity contribution is -0.138. The number of halogens is 6. The Balaban J connectivity index is 1.82. The first-order valence-corrected chi connectivity index (χ1v) is 8.51. The zero-order chi connectivity index (χ0) is 20.8. The summed E-state index contributed by atoms with van der Waals surface area (Å²) in [5.41, 5.74) is -0.681. The van der Waals surface area contributed by atoms with Crippen LogP contribution in [0.2, 0.25) is 0 Å². The monoisotopic (exact) mass is 406 g/mol. The van der Waals surface area contributed by atoms with Crippen molar-refractivity contribution in [1.29, 1.82) is 0 Å². The molecule has 1 nitrogen and oxygen atoms in total. The molecule has 1 heterocycles. The molecule has 0 amide bonds. The first-order valence-electron chi connectivity index (χ1n) is 8.51. The molecule has 1 aromatic heterocycles. The van der Waals surface area contributed by atoms with Gasteiger partial charge < -0.3 is 4.42 Å². The van der Waals surface area contributed by atoms with Gasteiger partial charge in [0.2, 0.25) is 0 Å². The Kier molecular flexibility index (Phi) is 4.41. The SMILES string of the molecule is FC(F)(F)c1ccc(-c2oc(-c3ccc(C(F)(F)F)cc3)c3ccccc23)cc1. The van der Waals surface area contributed by atoms with Gasteiger partial charge in [-0.3, -0.25) is 0 Å². The molecule has 4 aromatic rings. The second-order valence-corrected chi connectivity index (χ2v) is 6.46. The van der Waals surface area contributed by atoms with Crippen LogP contribution in [0.4, 0.5) is 26.3 Å². The van der Waals surface area contributed by atoms with Crippen LogP contribution in [0.1, 0.15) is 11.1 Å². The molecule has 0 N–H and O–H groups in total. The molecule has 148 valence electrons. The molecule has 4 rings (SSSR count). The highest BCUT2D eigenvalue weighted by atomic mass is 19.4. The fraction of sp³-hybridized carbons (Fsp3) is 0.0909. The maximum Gasteiger partial charge on any atom is 0.416 e. The van der Waals surface area contributed by atoms with Gasteiger partial charge in [-0.2, -0.15) is 26.3 Å². The van der Waals surface area contributed by atoms with Crippen LogP contribution in [0.3, 0.4) is 0 Å². The van der Waals surface area contributed by atoms with Gasteiger partial charge in [0.05, 0.1) is 11.1 Å². The van der Waals surface area contributed by atoms with Crippen LogP contribution in [-0.4, -0.2) is 0 Å². The predicted octanol–water partition coefficient (Wildman–Crippen LogP) is 7.80. The van der Waals surface area contributed by atoms with Crippen molar-refractivity contribution in [1.82, 2.24) is 0 Å². The first-order chi connectivity index (χ1) is 13.6. The maximum atomic E-state index is 12.8. The molecule has 29 heavy (non-hydrogen) atoms. The van der Waals surface area contributed by atoms with Gasteiger partial charge >= 0.3 is 12.4 Å². The zero-order valence-corrected chi connectivity index (χ0v) is 14.6. The minimum atomic E-state index is -4.45. The lowest BCUT2D eigenvalue weighted by Crippen LogP contribution is -2.03.